The topological polar surface area (TPSA) is 37.3 Å². The average Bonchev–Trinajstić information content (AvgIpc) is 2.07. The Bertz CT molecular complexity index is 264. The van der Waals surface area contributed by atoms with Crippen molar-refractivity contribution in [1.82, 2.24) is 0 Å². The summed E-state index contributed by atoms with van der Waals surface area (Å²) in [4.78, 5) is 10.7. The molecule has 1 aromatic carbocycles. The third kappa shape index (κ3) is 3.51. The van der Waals surface area contributed by atoms with Gasteiger partial charge in [-0.05, 0) is 12.0 Å². The molecule has 66 valence electrons. The van der Waals surface area contributed by atoms with Gasteiger partial charge in [-0.15, -0.1) is 0 Å². The van der Waals surface area contributed by atoms with Gasteiger partial charge in [-0.2, -0.15) is 0 Å². The number of benzene rings is 1. The predicted octanol–water partition coefficient (Wildman–Crippen LogP) is -0.619. The first-order chi connectivity index (χ1) is 5.75. The van der Waals surface area contributed by atoms with Crippen molar-refractivity contribution in [2.75, 3.05) is 0 Å². The molecule has 0 aliphatic rings. The van der Waals surface area contributed by atoms with E-state index in [0.29, 0.717) is 6.42 Å². The van der Waals surface area contributed by atoms with E-state index in [1.165, 1.54) is 0 Å². The molecule has 13 heavy (non-hydrogen) atoms. The Morgan fingerprint density at radius 1 is 1.46 bits per heavy atom. The van der Waals surface area contributed by atoms with E-state index in [2.05, 4.69) is 0 Å². The fraction of sp³-hybridized carbons (Fsp3) is 0.300. The molecule has 1 atom stereocenters. The maximum absolute atomic E-state index is 10.7. The minimum absolute atomic E-state index is 0. The molecule has 0 aromatic heterocycles. The first-order valence-electron chi connectivity index (χ1n) is 4.03. The van der Waals surface area contributed by atoms with Gasteiger partial charge in [-0.1, -0.05) is 37.3 Å². The van der Waals surface area contributed by atoms with Crippen molar-refractivity contribution in [2.24, 2.45) is 0 Å². The first-order valence-corrected chi connectivity index (χ1v) is 4.03. The van der Waals surface area contributed by atoms with E-state index < -0.39 is 5.97 Å². The van der Waals surface area contributed by atoms with Gasteiger partial charge in [0.2, 0.25) is 0 Å². The van der Waals surface area contributed by atoms with Crippen LogP contribution in [0.5, 0.6) is 0 Å². The summed E-state index contributed by atoms with van der Waals surface area (Å²) in [7, 11) is 0. The second-order valence-corrected chi connectivity index (χ2v) is 2.71. The van der Waals surface area contributed by atoms with Crippen molar-refractivity contribution in [1.29, 1.82) is 0 Å². The van der Waals surface area contributed by atoms with Crippen LogP contribution >= 0.6 is 0 Å². The van der Waals surface area contributed by atoms with Crippen molar-refractivity contribution in [3.8, 4) is 0 Å². The monoisotopic (exact) mass is 188 g/mol. The zero-order valence-electron chi connectivity index (χ0n) is 9.03. The summed E-state index contributed by atoms with van der Waals surface area (Å²) >= 11 is 0. The molecule has 0 radical (unpaired) electrons. The molecule has 1 unspecified atom stereocenters. The second-order valence-electron chi connectivity index (χ2n) is 2.71. The van der Waals surface area contributed by atoms with Gasteiger partial charge in [0, 0.05) is 0 Å². The number of carboxylic acids is 1. The minimum atomic E-state index is -0.747. The Labute approximate surface area is 102 Å². The zero-order chi connectivity index (χ0) is 8.97. The molecule has 0 aliphatic heterocycles. The van der Waals surface area contributed by atoms with E-state index in [0.717, 1.165) is 5.56 Å². The van der Waals surface area contributed by atoms with Crippen molar-refractivity contribution in [3.05, 3.63) is 35.9 Å². The molecule has 1 N–H and O–H groups in total. The summed E-state index contributed by atoms with van der Waals surface area (Å²) in [5, 5.41) is 8.83. The quantitative estimate of drug-likeness (QED) is 0.642. The van der Waals surface area contributed by atoms with Crippen molar-refractivity contribution >= 4 is 5.97 Å². The molecule has 1 rings (SSSR count). The summed E-state index contributed by atoms with van der Waals surface area (Å²) in [6, 6.07) is 9.31. The predicted molar refractivity (Wildman–Crippen MR) is 48.2 cm³/mol. The van der Waals surface area contributed by atoms with Gasteiger partial charge in [0.1, 0.15) is 0 Å². The Morgan fingerprint density at radius 3 is 2.38 bits per heavy atom. The number of aliphatic carboxylic acids is 1. The third-order valence-corrected chi connectivity index (χ3v) is 1.91. The van der Waals surface area contributed by atoms with Crippen LogP contribution in [0.2, 0.25) is 0 Å². The van der Waals surface area contributed by atoms with E-state index in [4.69, 9.17) is 5.11 Å². The van der Waals surface area contributed by atoms with Gasteiger partial charge in [-0.3, -0.25) is 4.79 Å². The zero-order valence-corrected chi connectivity index (χ0v) is 10.0. The number of hydrogen-bond donors (Lipinski definition) is 1. The van der Waals surface area contributed by atoms with E-state index in [-0.39, 0.29) is 36.9 Å². The van der Waals surface area contributed by atoms with E-state index >= 15 is 0 Å². The first kappa shape index (κ1) is 12.7. The molecule has 0 aliphatic carbocycles. The molecule has 0 bridgehead atoms. The van der Waals surface area contributed by atoms with Crippen LogP contribution in [0.25, 0.3) is 0 Å². The van der Waals surface area contributed by atoms with Gasteiger partial charge >= 0.3 is 35.5 Å². The molecule has 0 spiro atoms. The van der Waals surface area contributed by atoms with Crippen molar-refractivity contribution in [2.45, 2.75) is 19.3 Å². The van der Waals surface area contributed by atoms with Crippen molar-refractivity contribution in [3.63, 3.8) is 0 Å². The smallest absolute Gasteiger partial charge is 1.00 e. The van der Waals surface area contributed by atoms with Crippen LogP contribution in [0.3, 0.4) is 0 Å². The maximum Gasteiger partial charge on any atom is 1.00 e. The van der Waals surface area contributed by atoms with Crippen LogP contribution in [0.15, 0.2) is 30.3 Å². The number of hydrogen-bond acceptors (Lipinski definition) is 1. The van der Waals surface area contributed by atoms with Crippen LogP contribution in [0, 0.1) is 0 Å². The molecule has 0 amide bonds. The van der Waals surface area contributed by atoms with Gasteiger partial charge in [0.05, 0.1) is 5.92 Å². The second kappa shape index (κ2) is 6.19. The molecular formula is C10H13NaO2. The van der Waals surface area contributed by atoms with Crippen molar-refractivity contribution < 1.29 is 40.9 Å². The Morgan fingerprint density at radius 2 is 2.00 bits per heavy atom. The summed E-state index contributed by atoms with van der Waals surface area (Å²) in [5.74, 6) is -1.10. The average molecular weight is 188 g/mol. The number of rotatable bonds is 3. The fourth-order valence-corrected chi connectivity index (χ4v) is 1.24. The molecule has 1 aromatic rings. The van der Waals surface area contributed by atoms with Crippen LogP contribution < -0.4 is 29.6 Å². The fourth-order valence-electron chi connectivity index (χ4n) is 1.24. The number of carbonyl (C=O) groups is 1. The van der Waals surface area contributed by atoms with Crippen LogP contribution in [-0.4, -0.2) is 11.1 Å². The third-order valence-electron chi connectivity index (χ3n) is 1.91. The standard InChI is InChI=1S/C10H12O2.Na.H/c1-2-9(10(11)12)8-6-4-3-5-7-8;;/h3-7,9H,2H2,1H3,(H,11,12);;/q;+1;-1. The summed E-state index contributed by atoms with van der Waals surface area (Å²) in [6.07, 6.45) is 0.638. The Balaban J connectivity index is 0. The SMILES string of the molecule is CCC(C(=O)O)c1ccccc1.[H-].[Na+]. The van der Waals surface area contributed by atoms with Crippen LogP contribution in [0.4, 0.5) is 0 Å². The minimum Gasteiger partial charge on any atom is -1.00 e. The molecular weight excluding hydrogens is 175 g/mol. The molecule has 2 nitrogen and oxygen atoms in total. The van der Waals surface area contributed by atoms with Gasteiger partial charge in [-0.25, -0.2) is 0 Å². The maximum atomic E-state index is 10.7. The largest absolute Gasteiger partial charge is 1.00 e. The van der Waals surface area contributed by atoms with E-state index in [1.807, 2.05) is 37.3 Å². The van der Waals surface area contributed by atoms with E-state index in [1.54, 1.807) is 0 Å². The van der Waals surface area contributed by atoms with Gasteiger partial charge < -0.3 is 6.53 Å². The van der Waals surface area contributed by atoms with Crippen LogP contribution in [0.1, 0.15) is 26.3 Å². The molecule has 0 heterocycles. The molecule has 3 heteroatoms. The normalized spacial score (nSPS) is 11.5. The van der Waals surface area contributed by atoms with E-state index in [9.17, 15) is 4.79 Å². The molecule has 0 saturated heterocycles. The van der Waals surface area contributed by atoms with Crippen LogP contribution in [-0.2, 0) is 4.79 Å². The Hall–Kier alpha value is -0.310. The molecule has 0 fully saturated rings. The van der Waals surface area contributed by atoms with Gasteiger partial charge in [0.25, 0.3) is 0 Å². The molecule has 0 saturated carbocycles. The summed E-state index contributed by atoms with van der Waals surface area (Å²) in [5.41, 5.74) is 0.882. The summed E-state index contributed by atoms with van der Waals surface area (Å²) < 4.78 is 0. The Kier molecular flexibility index (Phi) is 6.04. The van der Waals surface area contributed by atoms with Gasteiger partial charge in [0.15, 0.2) is 0 Å². The number of carboxylic acid groups (broad SMARTS) is 1. The summed E-state index contributed by atoms with van der Waals surface area (Å²) in [6.45, 7) is 1.88.